The Morgan fingerprint density at radius 1 is 1.12 bits per heavy atom. The van der Waals surface area contributed by atoms with Crippen molar-refractivity contribution in [1.29, 1.82) is 0 Å². The van der Waals surface area contributed by atoms with Gasteiger partial charge in [-0.2, -0.15) is 0 Å². The van der Waals surface area contributed by atoms with Gasteiger partial charge in [0.2, 0.25) is 0 Å². The summed E-state index contributed by atoms with van der Waals surface area (Å²) in [5, 5.41) is 11.4. The number of carboxylic acid groups (broad SMARTS) is 1. The van der Waals surface area contributed by atoms with Crippen molar-refractivity contribution in [2.24, 2.45) is 0 Å². The smallest absolute Gasteiger partial charge is 0.338 e. The second-order valence-corrected chi connectivity index (χ2v) is 5.58. The summed E-state index contributed by atoms with van der Waals surface area (Å²) in [6.07, 6.45) is 0. The number of amides is 1. The van der Waals surface area contributed by atoms with E-state index in [1.165, 1.54) is 0 Å². The molecule has 0 aromatic heterocycles. The Labute approximate surface area is 141 Å². The van der Waals surface area contributed by atoms with Gasteiger partial charge in [-0.25, -0.2) is 13.6 Å². The monoisotopic (exact) mass is 352 g/mol. The molecule has 0 heterocycles. The zero-order valence-corrected chi connectivity index (χ0v) is 13.4. The molecule has 0 aliphatic heterocycles. The van der Waals surface area contributed by atoms with Gasteiger partial charge in [0.05, 0.1) is 11.3 Å². The molecule has 2 aromatic rings. The van der Waals surface area contributed by atoms with Gasteiger partial charge in [-0.15, -0.1) is 0 Å². The number of benzene rings is 2. The molecule has 0 saturated carbocycles. The summed E-state index contributed by atoms with van der Waals surface area (Å²) in [6.45, 7) is 2.34. The molecule has 0 aliphatic rings. The van der Waals surface area contributed by atoms with E-state index in [-0.39, 0.29) is 11.6 Å². The fourth-order valence-corrected chi connectivity index (χ4v) is 2.50. The highest BCUT2D eigenvalue weighted by Gasteiger charge is 2.15. The quantitative estimate of drug-likeness (QED) is 0.693. The Kier molecular flexibility index (Phi) is 5.75. The van der Waals surface area contributed by atoms with Crippen LogP contribution in [-0.4, -0.2) is 23.5 Å². The minimum absolute atomic E-state index is 0.171. The van der Waals surface area contributed by atoms with Crippen molar-refractivity contribution in [1.82, 2.24) is 5.32 Å². The first-order valence-corrected chi connectivity index (χ1v) is 7.77. The molecule has 5 nitrogen and oxygen atoms in total. The first-order chi connectivity index (χ1) is 11.4. The van der Waals surface area contributed by atoms with Crippen LogP contribution in [0, 0.1) is 11.6 Å². The van der Waals surface area contributed by atoms with Crippen LogP contribution < -0.4 is 10.0 Å². The van der Waals surface area contributed by atoms with Crippen molar-refractivity contribution < 1.29 is 23.5 Å². The SMILES string of the molecule is CCNC(=O)c1ccc(SNc2cc(F)c(C(=O)O)cc2F)cc1. The maximum absolute atomic E-state index is 13.8. The van der Waals surface area contributed by atoms with Crippen LogP contribution in [0.4, 0.5) is 14.5 Å². The van der Waals surface area contributed by atoms with Crippen molar-refractivity contribution in [3.05, 3.63) is 59.2 Å². The van der Waals surface area contributed by atoms with Gasteiger partial charge < -0.3 is 15.1 Å². The summed E-state index contributed by atoms with van der Waals surface area (Å²) in [5.74, 6) is -3.63. The maximum Gasteiger partial charge on any atom is 0.338 e. The second kappa shape index (κ2) is 7.78. The molecule has 0 aliphatic carbocycles. The molecule has 24 heavy (non-hydrogen) atoms. The molecule has 0 radical (unpaired) electrons. The van der Waals surface area contributed by atoms with Crippen LogP contribution in [0.15, 0.2) is 41.3 Å². The van der Waals surface area contributed by atoms with E-state index in [9.17, 15) is 18.4 Å². The minimum Gasteiger partial charge on any atom is -0.478 e. The first-order valence-electron chi connectivity index (χ1n) is 6.95. The summed E-state index contributed by atoms with van der Waals surface area (Å²) in [5.41, 5.74) is -0.408. The highest BCUT2D eigenvalue weighted by Crippen LogP contribution is 2.26. The molecule has 8 heteroatoms. The summed E-state index contributed by atoms with van der Waals surface area (Å²) in [6, 6.07) is 7.94. The number of hydrogen-bond donors (Lipinski definition) is 3. The Morgan fingerprint density at radius 3 is 2.38 bits per heavy atom. The predicted molar refractivity (Wildman–Crippen MR) is 87.2 cm³/mol. The topological polar surface area (TPSA) is 78.4 Å². The Balaban J connectivity index is 2.07. The standard InChI is InChI=1S/C16H14F2N2O3S/c1-2-19-15(21)9-3-5-10(6-4-9)24-20-14-8-12(17)11(16(22)23)7-13(14)18/h3-8,20H,2H2,1H3,(H,19,21)(H,22,23). The van der Waals surface area contributed by atoms with Gasteiger partial charge in [-0.05, 0) is 49.2 Å². The average Bonchev–Trinajstić information content (AvgIpc) is 2.55. The van der Waals surface area contributed by atoms with Gasteiger partial charge in [0.25, 0.3) is 5.91 Å². The van der Waals surface area contributed by atoms with E-state index in [1.54, 1.807) is 24.3 Å². The number of halogens is 2. The minimum atomic E-state index is -1.54. The van der Waals surface area contributed by atoms with Crippen LogP contribution in [-0.2, 0) is 0 Å². The van der Waals surface area contributed by atoms with Gasteiger partial charge in [0.1, 0.15) is 11.6 Å². The van der Waals surface area contributed by atoms with Crippen molar-refractivity contribution in [3.63, 3.8) is 0 Å². The van der Waals surface area contributed by atoms with Gasteiger partial charge in [-0.3, -0.25) is 4.79 Å². The number of carbonyl (C=O) groups excluding carboxylic acids is 1. The van der Waals surface area contributed by atoms with Crippen molar-refractivity contribution in [2.45, 2.75) is 11.8 Å². The van der Waals surface area contributed by atoms with E-state index >= 15 is 0 Å². The molecule has 0 fully saturated rings. The molecule has 2 aromatic carbocycles. The normalized spacial score (nSPS) is 10.3. The highest BCUT2D eigenvalue weighted by molar-refractivity contribution is 8.00. The Bertz CT molecular complexity index is 767. The summed E-state index contributed by atoms with van der Waals surface area (Å²) < 4.78 is 30.0. The molecular formula is C16H14F2N2O3S. The number of aromatic carboxylic acids is 1. The van der Waals surface area contributed by atoms with E-state index in [4.69, 9.17) is 5.11 Å². The van der Waals surface area contributed by atoms with Crippen LogP contribution in [0.5, 0.6) is 0 Å². The van der Waals surface area contributed by atoms with Crippen LogP contribution >= 0.6 is 11.9 Å². The zero-order valence-electron chi connectivity index (χ0n) is 12.6. The van der Waals surface area contributed by atoms with Crippen LogP contribution in [0.1, 0.15) is 27.6 Å². The van der Waals surface area contributed by atoms with Gasteiger partial charge in [-0.1, -0.05) is 0 Å². The van der Waals surface area contributed by atoms with Gasteiger partial charge in [0, 0.05) is 23.1 Å². The Hall–Kier alpha value is -2.61. The van der Waals surface area contributed by atoms with E-state index < -0.39 is 23.2 Å². The highest BCUT2D eigenvalue weighted by atomic mass is 32.2. The molecule has 0 saturated heterocycles. The Morgan fingerprint density at radius 2 is 1.79 bits per heavy atom. The average molecular weight is 352 g/mol. The molecule has 1 amide bonds. The predicted octanol–water partition coefficient (Wildman–Crippen LogP) is 3.53. The lowest BCUT2D eigenvalue weighted by Gasteiger charge is -2.09. The summed E-state index contributed by atoms with van der Waals surface area (Å²) in [4.78, 5) is 23.0. The number of carbonyl (C=O) groups is 2. The fourth-order valence-electron chi connectivity index (χ4n) is 1.84. The molecular weight excluding hydrogens is 338 g/mol. The van der Waals surface area contributed by atoms with Gasteiger partial charge >= 0.3 is 5.97 Å². The number of nitrogens with one attached hydrogen (secondary N) is 2. The molecule has 0 bridgehead atoms. The second-order valence-electron chi connectivity index (χ2n) is 4.71. The molecule has 126 valence electrons. The van der Waals surface area contributed by atoms with E-state index in [0.717, 1.165) is 18.0 Å². The molecule has 3 N–H and O–H groups in total. The number of hydrogen-bond acceptors (Lipinski definition) is 4. The van der Waals surface area contributed by atoms with E-state index in [2.05, 4.69) is 10.0 Å². The number of carboxylic acids is 1. The molecule has 0 atom stereocenters. The third kappa shape index (κ3) is 4.23. The lowest BCUT2D eigenvalue weighted by molar-refractivity contribution is 0.0691. The summed E-state index contributed by atoms with van der Waals surface area (Å²) >= 11 is 1.01. The fraction of sp³-hybridized carbons (Fsp3) is 0.125. The number of anilines is 1. The van der Waals surface area contributed by atoms with E-state index in [1.807, 2.05) is 6.92 Å². The molecule has 0 unspecified atom stereocenters. The molecule has 2 rings (SSSR count). The van der Waals surface area contributed by atoms with Crippen LogP contribution in [0.3, 0.4) is 0 Å². The van der Waals surface area contributed by atoms with Crippen molar-refractivity contribution in [2.75, 3.05) is 11.3 Å². The van der Waals surface area contributed by atoms with E-state index in [0.29, 0.717) is 23.1 Å². The lowest BCUT2D eigenvalue weighted by Crippen LogP contribution is -2.22. The third-order valence-corrected chi connectivity index (χ3v) is 3.85. The largest absolute Gasteiger partial charge is 0.478 e. The van der Waals surface area contributed by atoms with Gasteiger partial charge in [0.15, 0.2) is 0 Å². The lowest BCUT2D eigenvalue weighted by atomic mass is 10.2. The van der Waals surface area contributed by atoms with Crippen LogP contribution in [0.2, 0.25) is 0 Å². The van der Waals surface area contributed by atoms with Crippen molar-refractivity contribution in [3.8, 4) is 0 Å². The number of rotatable bonds is 6. The van der Waals surface area contributed by atoms with Crippen molar-refractivity contribution >= 4 is 29.5 Å². The first kappa shape index (κ1) is 17.7. The zero-order chi connectivity index (χ0) is 17.7. The maximum atomic E-state index is 13.8. The third-order valence-electron chi connectivity index (χ3n) is 3.02. The van der Waals surface area contributed by atoms with Crippen LogP contribution in [0.25, 0.3) is 0 Å². The summed E-state index contributed by atoms with van der Waals surface area (Å²) in [7, 11) is 0. The molecule has 0 spiro atoms.